The molecule has 0 atom stereocenters. The van der Waals surface area contributed by atoms with Crippen LogP contribution in [0.25, 0.3) is 0 Å². The van der Waals surface area contributed by atoms with Crippen molar-refractivity contribution in [2.24, 2.45) is 5.10 Å². The summed E-state index contributed by atoms with van der Waals surface area (Å²) in [4.78, 5) is 22.6. The predicted molar refractivity (Wildman–Crippen MR) is 78.5 cm³/mol. The number of carbonyl (C=O) groups excluding carboxylic acids is 2. The van der Waals surface area contributed by atoms with Crippen LogP contribution in [0, 0.1) is 0 Å². The van der Waals surface area contributed by atoms with Crippen LogP contribution in [0.5, 0.6) is 0 Å². The minimum Gasteiger partial charge on any atom is -0.326 e. The Kier molecular flexibility index (Phi) is 4.87. The van der Waals surface area contributed by atoms with E-state index in [2.05, 4.69) is 22.8 Å². The van der Waals surface area contributed by atoms with Crippen molar-refractivity contribution in [1.82, 2.24) is 5.43 Å². The molecule has 1 aromatic rings. The number of unbranched alkanes of at least 4 members (excludes halogenated alkanes) is 1. The average Bonchev–Trinajstić information content (AvgIpc) is 2.47. The minimum absolute atomic E-state index is 0.0434. The van der Waals surface area contributed by atoms with Gasteiger partial charge in [0.2, 0.25) is 11.8 Å². The van der Waals surface area contributed by atoms with E-state index in [1.54, 1.807) is 0 Å². The van der Waals surface area contributed by atoms with E-state index in [4.69, 9.17) is 0 Å². The topological polar surface area (TPSA) is 70.6 Å². The van der Waals surface area contributed by atoms with Gasteiger partial charge in [0.1, 0.15) is 0 Å². The van der Waals surface area contributed by atoms with E-state index in [-0.39, 0.29) is 11.8 Å². The maximum atomic E-state index is 11.6. The summed E-state index contributed by atoms with van der Waals surface area (Å²) in [5.41, 5.74) is 5.11. The van der Waals surface area contributed by atoms with E-state index in [0.29, 0.717) is 19.3 Å². The molecule has 0 unspecified atom stereocenters. The lowest BCUT2D eigenvalue weighted by Gasteiger charge is -2.12. The summed E-state index contributed by atoms with van der Waals surface area (Å²) >= 11 is 0. The van der Waals surface area contributed by atoms with Gasteiger partial charge in [0.15, 0.2) is 0 Å². The van der Waals surface area contributed by atoms with E-state index in [0.717, 1.165) is 29.8 Å². The van der Waals surface area contributed by atoms with Crippen LogP contribution in [0.3, 0.4) is 0 Å². The van der Waals surface area contributed by atoms with Crippen LogP contribution in [0.2, 0.25) is 0 Å². The molecule has 0 bridgehead atoms. The molecule has 5 heteroatoms. The molecule has 2 N–H and O–H groups in total. The van der Waals surface area contributed by atoms with Crippen LogP contribution in [0.15, 0.2) is 29.4 Å². The van der Waals surface area contributed by atoms with Gasteiger partial charge in [0.05, 0.1) is 5.71 Å². The maximum absolute atomic E-state index is 11.6. The zero-order chi connectivity index (χ0) is 14.4. The molecule has 1 aliphatic rings. The number of hydrazone groups is 1. The molecule has 2 rings (SSSR count). The van der Waals surface area contributed by atoms with E-state index >= 15 is 0 Å². The number of amides is 2. The van der Waals surface area contributed by atoms with Crippen molar-refractivity contribution in [1.29, 1.82) is 0 Å². The van der Waals surface area contributed by atoms with Gasteiger partial charge in [-0.2, -0.15) is 5.10 Å². The van der Waals surface area contributed by atoms with Crippen LogP contribution >= 0.6 is 0 Å². The van der Waals surface area contributed by atoms with Crippen molar-refractivity contribution in [3.63, 3.8) is 0 Å². The molecule has 0 saturated carbocycles. The average molecular weight is 273 g/mol. The summed E-state index contributed by atoms with van der Waals surface area (Å²) in [6, 6.07) is 7.54. The van der Waals surface area contributed by atoms with E-state index in [1.165, 1.54) is 0 Å². The fourth-order valence-corrected chi connectivity index (χ4v) is 1.99. The fraction of sp³-hybridized carbons (Fsp3) is 0.400. The Morgan fingerprint density at radius 1 is 1.30 bits per heavy atom. The number of anilines is 1. The molecular weight excluding hydrogens is 254 g/mol. The second-order valence-electron chi connectivity index (χ2n) is 4.82. The summed E-state index contributed by atoms with van der Waals surface area (Å²) in [5, 5.41) is 6.91. The van der Waals surface area contributed by atoms with Gasteiger partial charge in [-0.1, -0.05) is 25.5 Å². The van der Waals surface area contributed by atoms with Crippen LogP contribution in [0.4, 0.5) is 5.69 Å². The first-order valence-electron chi connectivity index (χ1n) is 6.94. The molecule has 0 spiro atoms. The highest BCUT2D eigenvalue weighted by molar-refractivity contribution is 6.04. The molecule has 106 valence electrons. The first-order chi connectivity index (χ1) is 9.69. The number of hydrogen-bond acceptors (Lipinski definition) is 3. The maximum Gasteiger partial charge on any atom is 0.240 e. The Balaban J connectivity index is 1.96. The van der Waals surface area contributed by atoms with Crippen molar-refractivity contribution in [2.45, 2.75) is 39.0 Å². The zero-order valence-corrected chi connectivity index (χ0v) is 11.6. The Morgan fingerprint density at radius 2 is 2.05 bits per heavy atom. The summed E-state index contributed by atoms with van der Waals surface area (Å²) < 4.78 is 0. The fourth-order valence-electron chi connectivity index (χ4n) is 1.99. The lowest BCUT2D eigenvalue weighted by molar-refractivity contribution is -0.121. The van der Waals surface area contributed by atoms with Gasteiger partial charge in [-0.25, -0.2) is 5.43 Å². The van der Waals surface area contributed by atoms with Gasteiger partial charge >= 0.3 is 0 Å². The molecule has 0 saturated heterocycles. The van der Waals surface area contributed by atoms with Gasteiger partial charge in [-0.3, -0.25) is 9.59 Å². The summed E-state index contributed by atoms with van der Waals surface area (Å²) in [6.45, 7) is 2.06. The van der Waals surface area contributed by atoms with Crippen molar-refractivity contribution >= 4 is 23.2 Å². The normalized spacial score (nSPS) is 14.4. The van der Waals surface area contributed by atoms with Crippen molar-refractivity contribution in [3.05, 3.63) is 29.8 Å². The standard InChI is InChI=1S/C15H19N3O2/c1-2-3-4-14(19)16-12-7-5-11(6-8-12)13-9-10-15(20)18-17-13/h5-8H,2-4,9-10H2,1H3,(H,16,19)(H,18,20). The number of carbonyl (C=O) groups is 2. The molecule has 1 heterocycles. The second kappa shape index (κ2) is 6.84. The Labute approximate surface area is 118 Å². The van der Waals surface area contributed by atoms with Gasteiger partial charge in [-0.15, -0.1) is 0 Å². The highest BCUT2D eigenvalue weighted by Crippen LogP contribution is 2.14. The lowest BCUT2D eigenvalue weighted by atomic mass is 10.0. The summed E-state index contributed by atoms with van der Waals surface area (Å²) in [6.07, 6.45) is 3.58. The highest BCUT2D eigenvalue weighted by Gasteiger charge is 2.13. The quantitative estimate of drug-likeness (QED) is 0.865. The predicted octanol–water partition coefficient (Wildman–Crippen LogP) is 2.43. The zero-order valence-electron chi connectivity index (χ0n) is 11.6. The minimum atomic E-state index is -0.0476. The van der Waals surface area contributed by atoms with E-state index in [1.807, 2.05) is 24.3 Å². The van der Waals surface area contributed by atoms with Crippen molar-refractivity contribution in [3.8, 4) is 0 Å². The largest absolute Gasteiger partial charge is 0.326 e. The third-order valence-corrected chi connectivity index (χ3v) is 3.16. The van der Waals surface area contributed by atoms with Gasteiger partial charge < -0.3 is 5.32 Å². The van der Waals surface area contributed by atoms with Crippen molar-refractivity contribution < 1.29 is 9.59 Å². The third kappa shape index (κ3) is 3.91. The monoisotopic (exact) mass is 273 g/mol. The summed E-state index contributed by atoms with van der Waals surface area (Å²) in [7, 11) is 0. The van der Waals surface area contributed by atoms with E-state index in [9.17, 15) is 9.59 Å². The number of nitrogens with one attached hydrogen (secondary N) is 2. The van der Waals surface area contributed by atoms with Crippen molar-refractivity contribution in [2.75, 3.05) is 5.32 Å². The van der Waals surface area contributed by atoms with E-state index < -0.39 is 0 Å². The number of hydrogen-bond donors (Lipinski definition) is 2. The van der Waals surface area contributed by atoms with Crippen LogP contribution in [0.1, 0.15) is 44.6 Å². The summed E-state index contributed by atoms with van der Waals surface area (Å²) in [5.74, 6) is -0.00423. The molecule has 2 amide bonds. The first kappa shape index (κ1) is 14.2. The molecule has 0 aromatic heterocycles. The number of rotatable bonds is 5. The number of benzene rings is 1. The molecule has 1 aromatic carbocycles. The first-order valence-corrected chi connectivity index (χ1v) is 6.94. The number of nitrogens with zero attached hydrogens (tertiary/aromatic N) is 1. The Morgan fingerprint density at radius 3 is 2.65 bits per heavy atom. The molecular formula is C15H19N3O2. The SMILES string of the molecule is CCCCC(=O)Nc1ccc(C2=NNC(=O)CC2)cc1. The molecule has 0 radical (unpaired) electrons. The van der Waals surface area contributed by atoms with Crippen LogP contribution in [-0.2, 0) is 9.59 Å². The molecule has 1 aliphatic heterocycles. The smallest absolute Gasteiger partial charge is 0.240 e. The van der Waals surface area contributed by atoms with Gasteiger partial charge in [-0.05, 0) is 24.1 Å². The lowest BCUT2D eigenvalue weighted by Crippen LogP contribution is -2.25. The highest BCUT2D eigenvalue weighted by atomic mass is 16.2. The Hall–Kier alpha value is -2.17. The molecule has 20 heavy (non-hydrogen) atoms. The Bertz CT molecular complexity index is 520. The molecule has 5 nitrogen and oxygen atoms in total. The van der Waals surface area contributed by atoms with Crippen LogP contribution in [-0.4, -0.2) is 17.5 Å². The molecule has 0 aliphatic carbocycles. The second-order valence-corrected chi connectivity index (χ2v) is 4.82. The third-order valence-electron chi connectivity index (χ3n) is 3.16. The van der Waals surface area contributed by atoms with Crippen LogP contribution < -0.4 is 10.7 Å². The molecule has 0 fully saturated rings. The van der Waals surface area contributed by atoms with Gasteiger partial charge in [0, 0.05) is 24.9 Å². The van der Waals surface area contributed by atoms with Gasteiger partial charge in [0.25, 0.3) is 0 Å².